The Morgan fingerprint density at radius 2 is 0.842 bits per heavy atom. The van der Waals surface area contributed by atoms with Crippen molar-refractivity contribution in [2.75, 3.05) is 26.2 Å². The fourth-order valence-electron chi connectivity index (χ4n) is 1.08. The van der Waals surface area contributed by atoms with Gasteiger partial charge in [0.1, 0.15) is 11.2 Å². The molecule has 0 rings (SSSR count). The van der Waals surface area contributed by atoms with Crippen LogP contribution in [0.2, 0.25) is 0 Å². The van der Waals surface area contributed by atoms with Gasteiger partial charge in [0.05, 0.1) is 12.1 Å². The van der Waals surface area contributed by atoms with Crippen LogP contribution in [0.5, 0.6) is 0 Å². The SMILES string of the molecule is CCC#N.CCC#N.CCCN.CCCN.CCCNC(=O)OC(C)(C)C.CCCNC(=O)OC(C)(C)C. The Morgan fingerprint density at radius 3 is 0.947 bits per heavy atom. The predicted molar refractivity (Wildman–Crippen MR) is 160 cm³/mol. The summed E-state index contributed by atoms with van der Waals surface area (Å²) in [6, 6.07) is 3.86. The monoisotopic (exact) mass is 546 g/mol. The Morgan fingerprint density at radius 1 is 0.632 bits per heavy atom. The lowest BCUT2D eigenvalue weighted by Gasteiger charge is -2.19. The number of nitrogens with zero attached hydrogens (tertiary/aromatic N) is 2. The number of ether oxygens (including phenoxy) is 2. The molecular weight excluding hydrogens is 484 g/mol. The molecule has 0 aliphatic carbocycles. The number of hydrogen-bond acceptors (Lipinski definition) is 8. The van der Waals surface area contributed by atoms with Crippen molar-refractivity contribution in [3.8, 4) is 12.1 Å². The Labute approximate surface area is 235 Å². The molecule has 2 amide bonds. The van der Waals surface area contributed by atoms with Crippen LogP contribution in [-0.2, 0) is 9.47 Å². The highest BCUT2D eigenvalue weighted by atomic mass is 16.6. The Balaban J connectivity index is -0.0000000875. The summed E-state index contributed by atoms with van der Waals surface area (Å²) in [6.45, 7) is 25.8. The average Bonchev–Trinajstić information content (AvgIpc) is 2.85. The smallest absolute Gasteiger partial charge is 0.407 e. The molecule has 0 unspecified atom stereocenters. The third-order valence-corrected chi connectivity index (χ3v) is 2.73. The van der Waals surface area contributed by atoms with Crippen LogP contribution in [-0.4, -0.2) is 49.6 Å². The van der Waals surface area contributed by atoms with Crippen LogP contribution >= 0.6 is 0 Å². The highest BCUT2D eigenvalue weighted by Gasteiger charge is 2.15. The van der Waals surface area contributed by atoms with Crippen molar-refractivity contribution in [3.63, 3.8) is 0 Å². The summed E-state index contributed by atoms with van der Waals surface area (Å²) in [5, 5.41) is 20.5. The lowest BCUT2D eigenvalue weighted by molar-refractivity contribution is 0.0516. The van der Waals surface area contributed by atoms with Gasteiger partial charge in [-0.3, -0.25) is 0 Å². The number of nitriles is 2. The molecule has 10 nitrogen and oxygen atoms in total. The summed E-state index contributed by atoms with van der Waals surface area (Å²) in [5.74, 6) is 0. The highest BCUT2D eigenvalue weighted by molar-refractivity contribution is 5.67. The molecule has 0 aliphatic heterocycles. The number of alkyl carbamates (subject to hydrolysis) is 2. The van der Waals surface area contributed by atoms with E-state index in [2.05, 4.69) is 24.5 Å². The van der Waals surface area contributed by atoms with Gasteiger partial charge in [-0.15, -0.1) is 0 Å². The minimum absolute atomic E-state index is 0.334. The summed E-state index contributed by atoms with van der Waals surface area (Å²) >= 11 is 0. The van der Waals surface area contributed by atoms with Crippen LogP contribution in [0, 0.1) is 22.7 Å². The third-order valence-electron chi connectivity index (χ3n) is 2.73. The van der Waals surface area contributed by atoms with E-state index in [9.17, 15) is 9.59 Å². The van der Waals surface area contributed by atoms with Gasteiger partial charge in [-0.2, -0.15) is 10.5 Å². The average molecular weight is 547 g/mol. The van der Waals surface area contributed by atoms with E-state index in [1.54, 1.807) is 0 Å². The molecule has 0 aromatic rings. The van der Waals surface area contributed by atoms with Crippen molar-refractivity contribution in [2.24, 2.45) is 11.5 Å². The number of hydrogen-bond donors (Lipinski definition) is 4. The lowest BCUT2D eigenvalue weighted by Crippen LogP contribution is -2.32. The first-order chi connectivity index (χ1) is 17.6. The molecular formula is C28H62N6O4. The summed E-state index contributed by atoms with van der Waals surface area (Å²) in [5.41, 5.74) is 9.27. The number of nitrogens with two attached hydrogens (primary N) is 2. The fourth-order valence-corrected chi connectivity index (χ4v) is 1.08. The molecule has 0 atom stereocenters. The van der Waals surface area contributed by atoms with Crippen LogP contribution in [0.1, 0.15) is 122 Å². The minimum Gasteiger partial charge on any atom is -0.444 e. The van der Waals surface area contributed by atoms with E-state index in [0.29, 0.717) is 25.9 Å². The summed E-state index contributed by atoms with van der Waals surface area (Å²) < 4.78 is 9.98. The molecule has 0 fully saturated rings. The van der Waals surface area contributed by atoms with Gasteiger partial charge in [0.15, 0.2) is 0 Å². The molecule has 10 heteroatoms. The second-order valence-electron chi connectivity index (χ2n) is 9.46. The standard InChI is InChI=1S/2C8H17NO2.2C3H9N.2C3H5N/c2*1-5-6-9-7(10)11-8(2,3)4;4*1-2-3-4/h2*5-6H2,1-4H3,(H,9,10);2*2-4H2,1H3;2*2H2,1H3. The number of amides is 2. The van der Waals surface area contributed by atoms with Crippen molar-refractivity contribution >= 4 is 12.2 Å². The van der Waals surface area contributed by atoms with Gasteiger partial charge in [0.2, 0.25) is 0 Å². The molecule has 0 saturated carbocycles. The summed E-state index contributed by atoms with van der Waals surface area (Å²) in [4.78, 5) is 21.8. The molecule has 0 aliphatic rings. The second-order valence-corrected chi connectivity index (χ2v) is 9.46. The van der Waals surface area contributed by atoms with Crippen molar-refractivity contribution in [1.29, 1.82) is 10.5 Å². The van der Waals surface area contributed by atoms with Crippen molar-refractivity contribution < 1.29 is 19.1 Å². The molecule has 38 heavy (non-hydrogen) atoms. The van der Waals surface area contributed by atoms with Gasteiger partial charge in [-0.1, -0.05) is 41.5 Å². The predicted octanol–water partition coefficient (Wildman–Crippen LogP) is 6.39. The Bertz CT molecular complexity index is 506. The molecule has 0 aromatic carbocycles. The van der Waals surface area contributed by atoms with E-state index in [0.717, 1.165) is 38.8 Å². The highest BCUT2D eigenvalue weighted by Crippen LogP contribution is 2.06. The van der Waals surface area contributed by atoms with Crippen molar-refractivity contribution in [1.82, 2.24) is 10.6 Å². The number of nitrogens with one attached hydrogen (secondary N) is 2. The summed E-state index contributed by atoms with van der Waals surface area (Å²) in [6.07, 6.45) is 4.64. The van der Waals surface area contributed by atoms with E-state index in [4.69, 9.17) is 31.5 Å². The van der Waals surface area contributed by atoms with Crippen LogP contribution in [0.3, 0.4) is 0 Å². The van der Waals surface area contributed by atoms with E-state index in [1.807, 2.05) is 81.4 Å². The topological polar surface area (TPSA) is 176 Å². The third kappa shape index (κ3) is 93.1. The Hall–Kier alpha value is -2.56. The van der Waals surface area contributed by atoms with Crippen LogP contribution in [0.15, 0.2) is 0 Å². The zero-order chi connectivity index (χ0) is 31.5. The number of carbonyl (C=O) groups excluding carboxylic acids is 2. The van der Waals surface area contributed by atoms with Gasteiger partial charge in [0, 0.05) is 25.9 Å². The largest absolute Gasteiger partial charge is 0.444 e. The molecule has 6 N–H and O–H groups in total. The van der Waals surface area contributed by atoms with Crippen LogP contribution in [0.4, 0.5) is 9.59 Å². The van der Waals surface area contributed by atoms with Gasteiger partial charge < -0.3 is 31.6 Å². The van der Waals surface area contributed by atoms with E-state index >= 15 is 0 Å². The molecule has 0 spiro atoms. The van der Waals surface area contributed by atoms with Gasteiger partial charge >= 0.3 is 12.2 Å². The first-order valence-electron chi connectivity index (χ1n) is 13.6. The first-order valence-corrected chi connectivity index (χ1v) is 13.6. The van der Waals surface area contributed by atoms with Crippen molar-refractivity contribution in [2.45, 2.75) is 133 Å². The van der Waals surface area contributed by atoms with E-state index in [1.165, 1.54) is 0 Å². The number of carbonyl (C=O) groups is 2. The minimum atomic E-state index is -0.391. The van der Waals surface area contributed by atoms with Crippen LogP contribution < -0.4 is 22.1 Å². The van der Waals surface area contributed by atoms with Gasteiger partial charge in [-0.25, -0.2) is 9.59 Å². The summed E-state index contributed by atoms with van der Waals surface area (Å²) in [7, 11) is 0. The van der Waals surface area contributed by atoms with E-state index < -0.39 is 11.2 Å². The van der Waals surface area contributed by atoms with Crippen molar-refractivity contribution in [3.05, 3.63) is 0 Å². The van der Waals surface area contributed by atoms with Gasteiger partial charge in [0.25, 0.3) is 0 Å². The zero-order valence-corrected chi connectivity index (χ0v) is 26.8. The molecule has 0 bridgehead atoms. The second kappa shape index (κ2) is 39.0. The molecule has 0 saturated heterocycles. The van der Waals surface area contributed by atoms with Gasteiger partial charge in [-0.05, 0) is 80.3 Å². The quantitative estimate of drug-likeness (QED) is 0.296. The first kappa shape index (κ1) is 48.5. The normalized spacial score (nSPS) is 8.95. The fraction of sp³-hybridized carbons (Fsp3) is 0.857. The maximum Gasteiger partial charge on any atom is 0.407 e. The molecule has 228 valence electrons. The maximum atomic E-state index is 10.9. The zero-order valence-electron chi connectivity index (χ0n) is 26.8. The Kier molecular flexibility index (Phi) is 49.7. The molecule has 0 radical (unpaired) electrons. The van der Waals surface area contributed by atoms with E-state index in [-0.39, 0.29) is 12.2 Å². The molecule has 0 aromatic heterocycles. The molecule has 0 heterocycles. The van der Waals surface area contributed by atoms with Crippen LogP contribution in [0.25, 0.3) is 0 Å². The lowest BCUT2D eigenvalue weighted by atomic mass is 10.2. The maximum absolute atomic E-state index is 10.9. The number of rotatable bonds is 6.